The van der Waals surface area contributed by atoms with Crippen LogP contribution in [0.3, 0.4) is 0 Å². The molecule has 0 aliphatic carbocycles. The highest BCUT2D eigenvalue weighted by Gasteiger charge is 2.31. The molecule has 0 bridgehead atoms. The summed E-state index contributed by atoms with van der Waals surface area (Å²) in [6.07, 6.45) is 0.722. The van der Waals surface area contributed by atoms with Gasteiger partial charge in [-0.3, -0.25) is 9.69 Å². The summed E-state index contributed by atoms with van der Waals surface area (Å²) in [5.41, 5.74) is 5.68. The Morgan fingerprint density at radius 1 is 1.06 bits per heavy atom. The van der Waals surface area contributed by atoms with Crippen molar-refractivity contribution in [2.75, 3.05) is 33.3 Å². The lowest BCUT2D eigenvalue weighted by molar-refractivity contribution is -0.134. The van der Waals surface area contributed by atoms with Crippen molar-refractivity contribution >= 4 is 5.91 Å². The van der Waals surface area contributed by atoms with E-state index in [9.17, 15) is 4.79 Å². The van der Waals surface area contributed by atoms with Crippen LogP contribution in [0.4, 0.5) is 0 Å². The predicted octanol–water partition coefficient (Wildman–Crippen LogP) is 3.93. The normalized spacial score (nSPS) is 17.3. The molecule has 4 rings (SSSR count). The number of methoxy groups -OCH3 is 1. The van der Waals surface area contributed by atoms with E-state index in [0.29, 0.717) is 0 Å². The van der Waals surface area contributed by atoms with Gasteiger partial charge in [0.2, 0.25) is 11.8 Å². The van der Waals surface area contributed by atoms with Crippen LogP contribution >= 0.6 is 0 Å². The second kappa shape index (κ2) is 10.2. The smallest absolute Gasteiger partial charge is 0.227 e. The lowest BCUT2D eigenvalue weighted by Gasteiger charge is -2.24. The van der Waals surface area contributed by atoms with E-state index in [-0.39, 0.29) is 11.8 Å². The van der Waals surface area contributed by atoms with Crippen molar-refractivity contribution < 1.29 is 9.53 Å². The number of ether oxygens (including phenoxy) is 1. The molecule has 174 valence electrons. The number of nitrogens with zero attached hydrogens (tertiary/aromatic N) is 4. The summed E-state index contributed by atoms with van der Waals surface area (Å²) >= 11 is 0. The number of benzene rings is 2. The van der Waals surface area contributed by atoms with Gasteiger partial charge in [0.15, 0.2) is 0 Å². The highest BCUT2D eigenvalue weighted by Crippen LogP contribution is 2.28. The molecule has 0 spiro atoms. The van der Waals surface area contributed by atoms with Gasteiger partial charge >= 0.3 is 0 Å². The van der Waals surface area contributed by atoms with Crippen molar-refractivity contribution in [2.45, 2.75) is 26.8 Å². The molecule has 1 aromatic heterocycles. The largest absolute Gasteiger partial charge is 0.481 e. The Morgan fingerprint density at radius 3 is 2.52 bits per heavy atom. The number of rotatable bonds is 7. The minimum absolute atomic E-state index is 0.0970. The lowest BCUT2D eigenvalue weighted by Crippen LogP contribution is -2.37. The zero-order valence-electron chi connectivity index (χ0n) is 20.1. The van der Waals surface area contributed by atoms with Crippen molar-refractivity contribution in [3.8, 4) is 17.0 Å². The molecule has 2 heterocycles. The molecule has 0 saturated carbocycles. The molecule has 1 fully saturated rings. The summed E-state index contributed by atoms with van der Waals surface area (Å²) in [4.78, 5) is 17.9. The second-order valence-corrected chi connectivity index (χ2v) is 8.77. The van der Waals surface area contributed by atoms with Crippen LogP contribution in [0, 0.1) is 12.8 Å². The molecule has 6 heteroatoms. The highest BCUT2D eigenvalue weighted by molar-refractivity contribution is 5.80. The van der Waals surface area contributed by atoms with Crippen LogP contribution in [0.5, 0.6) is 5.88 Å². The fourth-order valence-corrected chi connectivity index (χ4v) is 4.93. The topological polar surface area (TPSA) is 50.6 Å². The average Bonchev–Trinajstić information content (AvgIpc) is 3.01. The van der Waals surface area contributed by atoms with Crippen molar-refractivity contribution in [3.05, 3.63) is 71.4 Å². The van der Waals surface area contributed by atoms with Crippen LogP contribution in [0.1, 0.15) is 23.7 Å². The van der Waals surface area contributed by atoms with Gasteiger partial charge in [0, 0.05) is 39.8 Å². The van der Waals surface area contributed by atoms with E-state index in [1.54, 1.807) is 11.8 Å². The number of carbonyl (C=O) groups is 1. The average molecular weight is 447 g/mol. The minimum Gasteiger partial charge on any atom is -0.481 e. The third-order valence-corrected chi connectivity index (χ3v) is 6.64. The molecule has 33 heavy (non-hydrogen) atoms. The lowest BCUT2D eigenvalue weighted by atomic mass is 9.91. The third kappa shape index (κ3) is 4.96. The van der Waals surface area contributed by atoms with Crippen molar-refractivity contribution in [3.63, 3.8) is 0 Å². The van der Waals surface area contributed by atoms with Gasteiger partial charge in [0.05, 0.1) is 24.3 Å². The zero-order valence-corrected chi connectivity index (χ0v) is 20.1. The number of aromatic nitrogens is 2. The first kappa shape index (κ1) is 23.1. The molecule has 2 aromatic carbocycles. The summed E-state index contributed by atoms with van der Waals surface area (Å²) in [5, 5.41) is 4.54. The maximum absolute atomic E-state index is 13.5. The number of likely N-dealkylation sites (N-methyl/N-ethyl adjacent to an activating group) is 1. The van der Waals surface area contributed by atoms with Gasteiger partial charge in [-0.05, 0) is 37.0 Å². The number of carbonyl (C=O) groups excluding carboxylic acids is 1. The quantitative estimate of drug-likeness (QED) is 0.552. The Morgan fingerprint density at radius 2 is 1.79 bits per heavy atom. The molecule has 1 saturated heterocycles. The maximum atomic E-state index is 13.5. The van der Waals surface area contributed by atoms with Crippen LogP contribution in [-0.4, -0.2) is 58.8 Å². The number of hydrogen-bond acceptors (Lipinski definition) is 4. The molecule has 3 aromatic rings. The summed E-state index contributed by atoms with van der Waals surface area (Å²) in [6, 6.07) is 18.9. The highest BCUT2D eigenvalue weighted by atomic mass is 16.5. The fourth-order valence-electron chi connectivity index (χ4n) is 4.93. The zero-order chi connectivity index (χ0) is 23.4. The summed E-state index contributed by atoms with van der Waals surface area (Å²) in [7, 11) is 3.59. The van der Waals surface area contributed by atoms with Gasteiger partial charge in [-0.25, -0.2) is 4.68 Å². The first-order chi connectivity index (χ1) is 16.0. The second-order valence-electron chi connectivity index (χ2n) is 8.77. The first-order valence-corrected chi connectivity index (χ1v) is 11.7. The minimum atomic E-state index is -0.0970. The van der Waals surface area contributed by atoms with E-state index in [1.165, 1.54) is 16.7 Å². The van der Waals surface area contributed by atoms with E-state index in [0.717, 1.165) is 56.3 Å². The van der Waals surface area contributed by atoms with Crippen LogP contribution in [0.15, 0.2) is 54.6 Å². The van der Waals surface area contributed by atoms with Crippen LogP contribution in [0.25, 0.3) is 11.1 Å². The van der Waals surface area contributed by atoms with Crippen LogP contribution in [0.2, 0.25) is 0 Å². The van der Waals surface area contributed by atoms with Crippen molar-refractivity contribution in [2.24, 2.45) is 13.0 Å². The molecule has 0 N–H and O–H groups in total. The standard InChI is InChI=1S/C27H34N4O2/c1-5-31-16-15-30(19-25-20(2)28-29(3)27(25)33-4)18-23(26(31)32)17-22-13-9-10-14-24(22)21-11-7-6-8-12-21/h6-14,23H,5,15-19H2,1-4H3/t23-/m1/s1. The summed E-state index contributed by atoms with van der Waals surface area (Å²) in [6.45, 7) is 7.85. The molecular formula is C27H34N4O2. The van der Waals surface area contributed by atoms with E-state index in [1.807, 2.05) is 24.9 Å². The van der Waals surface area contributed by atoms with E-state index >= 15 is 0 Å². The molecule has 1 aliphatic heterocycles. The SMILES string of the molecule is CCN1CCN(Cc2c(C)nn(C)c2OC)C[C@@H](Cc2ccccc2-c2ccccc2)C1=O. The number of amides is 1. The molecule has 6 nitrogen and oxygen atoms in total. The van der Waals surface area contributed by atoms with Crippen LogP contribution < -0.4 is 4.74 Å². The Labute approximate surface area is 196 Å². The van der Waals surface area contributed by atoms with Gasteiger partial charge in [0.1, 0.15) is 0 Å². The Kier molecular flexibility index (Phi) is 7.14. The molecule has 0 radical (unpaired) electrons. The predicted molar refractivity (Wildman–Crippen MR) is 131 cm³/mol. The van der Waals surface area contributed by atoms with Crippen molar-refractivity contribution in [1.29, 1.82) is 0 Å². The Bertz CT molecular complexity index is 1090. The van der Waals surface area contributed by atoms with Gasteiger partial charge in [-0.2, -0.15) is 5.10 Å². The van der Waals surface area contributed by atoms with Gasteiger partial charge in [-0.15, -0.1) is 0 Å². The monoisotopic (exact) mass is 446 g/mol. The number of hydrogen-bond donors (Lipinski definition) is 0. The molecule has 1 amide bonds. The van der Waals surface area contributed by atoms with Gasteiger partial charge in [0.25, 0.3) is 0 Å². The van der Waals surface area contributed by atoms with Crippen LogP contribution in [-0.2, 0) is 24.8 Å². The Hall–Kier alpha value is -3.12. The third-order valence-electron chi connectivity index (χ3n) is 6.64. The van der Waals surface area contributed by atoms with Crippen molar-refractivity contribution in [1.82, 2.24) is 19.6 Å². The maximum Gasteiger partial charge on any atom is 0.227 e. The summed E-state index contributed by atoms with van der Waals surface area (Å²) < 4.78 is 7.41. The van der Waals surface area contributed by atoms with E-state index in [2.05, 4.69) is 65.5 Å². The molecule has 1 aliphatic rings. The molecular weight excluding hydrogens is 412 g/mol. The molecule has 0 unspecified atom stereocenters. The Balaban J connectivity index is 1.61. The fraction of sp³-hybridized carbons (Fsp3) is 0.407. The summed E-state index contributed by atoms with van der Waals surface area (Å²) in [5.74, 6) is 0.944. The van der Waals surface area contributed by atoms with E-state index < -0.39 is 0 Å². The van der Waals surface area contributed by atoms with E-state index in [4.69, 9.17) is 4.74 Å². The number of aryl methyl sites for hydroxylation is 2. The van der Waals surface area contributed by atoms with Gasteiger partial charge < -0.3 is 9.64 Å². The first-order valence-electron chi connectivity index (χ1n) is 11.7. The van der Waals surface area contributed by atoms with Gasteiger partial charge in [-0.1, -0.05) is 54.6 Å². The molecule has 1 atom stereocenters.